The summed E-state index contributed by atoms with van der Waals surface area (Å²) in [5.74, 6) is 0.189. The molecule has 1 rings (SSSR count). The third-order valence-electron chi connectivity index (χ3n) is 1.65. The van der Waals surface area contributed by atoms with Crippen molar-refractivity contribution in [3.8, 4) is 0 Å². The lowest BCUT2D eigenvalue weighted by Crippen LogP contribution is -2.26. The molecular weight excluding hydrogens is 184 g/mol. The highest BCUT2D eigenvalue weighted by molar-refractivity contribution is 5.74. The maximum absolute atomic E-state index is 10.5. The number of hydrogen-bond donors (Lipinski definition) is 2. The first-order valence-corrected chi connectivity index (χ1v) is 4.07. The Morgan fingerprint density at radius 1 is 1.57 bits per heavy atom. The molecule has 0 bridgehead atoms. The summed E-state index contributed by atoms with van der Waals surface area (Å²) in [6, 6.07) is 0. The molecule has 6 heteroatoms. The molecule has 0 saturated heterocycles. The summed E-state index contributed by atoms with van der Waals surface area (Å²) in [6.07, 6.45) is 3.07. The van der Waals surface area contributed by atoms with Crippen molar-refractivity contribution in [1.82, 2.24) is 9.97 Å². The van der Waals surface area contributed by atoms with E-state index in [-0.39, 0.29) is 6.54 Å². The smallest absolute Gasteiger partial charge is 0.323 e. The lowest BCUT2D eigenvalue weighted by atomic mass is 10.5. The van der Waals surface area contributed by atoms with Crippen LogP contribution in [-0.2, 0) is 4.79 Å². The molecule has 1 aromatic heterocycles. The van der Waals surface area contributed by atoms with Crippen LogP contribution >= 0.6 is 0 Å². The summed E-state index contributed by atoms with van der Waals surface area (Å²) in [6.45, 7) is -0.104. The van der Waals surface area contributed by atoms with Gasteiger partial charge in [0.25, 0.3) is 0 Å². The van der Waals surface area contributed by atoms with Crippen molar-refractivity contribution in [3.63, 3.8) is 0 Å². The molecule has 0 unspecified atom stereocenters. The van der Waals surface area contributed by atoms with E-state index < -0.39 is 5.97 Å². The van der Waals surface area contributed by atoms with Gasteiger partial charge in [-0.1, -0.05) is 0 Å². The van der Waals surface area contributed by atoms with Gasteiger partial charge in [-0.05, 0) is 0 Å². The first-order chi connectivity index (χ1) is 6.65. The number of aliphatic carboxylic acids is 1. The number of hydrogen-bond acceptors (Lipinski definition) is 5. The average Bonchev–Trinajstić information content (AvgIpc) is 2.16. The second-order valence-corrected chi connectivity index (χ2v) is 2.73. The van der Waals surface area contributed by atoms with Crippen molar-refractivity contribution >= 4 is 17.6 Å². The quantitative estimate of drug-likeness (QED) is 0.707. The molecule has 1 aromatic rings. The molecule has 0 amide bonds. The number of carboxylic acid groups (broad SMARTS) is 1. The average molecular weight is 196 g/mol. The molecule has 1 heterocycles. The van der Waals surface area contributed by atoms with Gasteiger partial charge in [0.15, 0.2) is 11.6 Å². The SMILES string of the molecule is CNc1nccnc1N(C)CC(=O)O. The lowest BCUT2D eigenvalue weighted by molar-refractivity contribution is -0.135. The molecule has 14 heavy (non-hydrogen) atoms. The van der Waals surface area contributed by atoms with Gasteiger partial charge >= 0.3 is 5.97 Å². The Morgan fingerprint density at radius 2 is 2.21 bits per heavy atom. The molecule has 0 aliphatic rings. The van der Waals surface area contributed by atoms with Crippen LogP contribution in [0, 0.1) is 0 Å². The molecule has 0 aliphatic heterocycles. The minimum Gasteiger partial charge on any atom is -0.480 e. The Labute approximate surface area is 81.6 Å². The minimum atomic E-state index is -0.903. The number of nitrogens with one attached hydrogen (secondary N) is 1. The van der Waals surface area contributed by atoms with E-state index in [0.29, 0.717) is 11.6 Å². The Bertz CT molecular complexity index is 329. The van der Waals surface area contributed by atoms with Gasteiger partial charge < -0.3 is 15.3 Å². The zero-order valence-electron chi connectivity index (χ0n) is 8.06. The predicted octanol–water partition coefficient (Wildman–Crippen LogP) is 0.0391. The van der Waals surface area contributed by atoms with Gasteiger partial charge in [-0.2, -0.15) is 0 Å². The van der Waals surface area contributed by atoms with Gasteiger partial charge in [-0.3, -0.25) is 4.79 Å². The minimum absolute atomic E-state index is 0.104. The molecule has 0 fully saturated rings. The summed E-state index contributed by atoms with van der Waals surface area (Å²) in [5, 5.41) is 11.4. The maximum atomic E-state index is 10.5. The molecule has 0 spiro atoms. The van der Waals surface area contributed by atoms with E-state index in [4.69, 9.17) is 5.11 Å². The second-order valence-electron chi connectivity index (χ2n) is 2.73. The van der Waals surface area contributed by atoms with Gasteiger partial charge in [0.2, 0.25) is 0 Å². The molecule has 2 N–H and O–H groups in total. The molecule has 0 saturated carbocycles. The van der Waals surface area contributed by atoms with E-state index >= 15 is 0 Å². The van der Waals surface area contributed by atoms with Gasteiger partial charge in [0, 0.05) is 26.5 Å². The zero-order chi connectivity index (χ0) is 10.6. The van der Waals surface area contributed by atoms with Crippen molar-refractivity contribution in [2.24, 2.45) is 0 Å². The first kappa shape index (κ1) is 10.2. The van der Waals surface area contributed by atoms with Crippen LogP contribution in [0.4, 0.5) is 11.6 Å². The first-order valence-electron chi connectivity index (χ1n) is 4.07. The highest BCUT2D eigenvalue weighted by atomic mass is 16.4. The third kappa shape index (κ3) is 2.32. The highest BCUT2D eigenvalue weighted by Crippen LogP contribution is 2.16. The summed E-state index contributed by atoms with van der Waals surface area (Å²) >= 11 is 0. The summed E-state index contributed by atoms with van der Waals surface area (Å²) in [5.41, 5.74) is 0. The fourth-order valence-electron chi connectivity index (χ4n) is 1.06. The van der Waals surface area contributed by atoms with Crippen LogP contribution in [0.25, 0.3) is 0 Å². The second kappa shape index (κ2) is 4.40. The standard InChI is InChI=1S/C8H12N4O2/c1-9-7-8(11-4-3-10-7)12(2)5-6(13)14/h3-4H,5H2,1-2H3,(H,9,10)(H,13,14). The summed E-state index contributed by atoms with van der Waals surface area (Å²) < 4.78 is 0. The highest BCUT2D eigenvalue weighted by Gasteiger charge is 2.11. The van der Waals surface area contributed by atoms with Crippen molar-refractivity contribution in [2.45, 2.75) is 0 Å². The van der Waals surface area contributed by atoms with Crippen LogP contribution in [0.1, 0.15) is 0 Å². The molecule has 0 radical (unpaired) electrons. The van der Waals surface area contributed by atoms with Crippen LogP contribution < -0.4 is 10.2 Å². The number of likely N-dealkylation sites (N-methyl/N-ethyl adjacent to an activating group) is 1. The number of anilines is 2. The van der Waals surface area contributed by atoms with Crippen LogP contribution in [0.15, 0.2) is 12.4 Å². The van der Waals surface area contributed by atoms with Crippen LogP contribution in [0.5, 0.6) is 0 Å². The van der Waals surface area contributed by atoms with Crippen molar-refractivity contribution in [3.05, 3.63) is 12.4 Å². The number of nitrogens with zero attached hydrogens (tertiary/aromatic N) is 3. The van der Waals surface area contributed by atoms with Crippen LogP contribution in [0.3, 0.4) is 0 Å². The number of rotatable bonds is 4. The van der Waals surface area contributed by atoms with E-state index in [2.05, 4.69) is 15.3 Å². The Morgan fingerprint density at radius 3 is 2.79 bits per heavy atom. The number of carbonyl (C=O) groups is 1. The molecule has 0 aliphatic carbocycles. The van der Waals surface area contributed by atoms with Crippen molar-refractivity contribution < 1.29 is 9.90 Å². The Balaban J connectivity index is 2.87. The molecule has 0 aromatic carbocycles. The van der Waals surface area contributed by atoms with E-state index in [1.165, 1.54) is 11.1 Å². The van der Waals surface area contributed by atoms with Gasteiger partial charge in [0.1, 0.15) is 6.54 Å². The monoisotopic (exact) mass is 196 g/mol. The fraction of sp³-hybridized carbons (Fsp3) is 0.375. The Kier molecular flexibility index (Phi) is 3.22. The third-order valence-corrected chi connectivity index (χ3v) is 1.65. The largest absolute Gasteiger partial charge is 0.480 e. The van der Waals surface area contributed by atoms with E-state index in [1.807, 2.05) is 0 Å². The maximum Gasteiger partial charge on any atom is 0.323 e. The molecule has 76 valence electrons. The van der Waals surface area contributed by atoms with E-state index in [9.17, 15) is 4.79 Å². The topological polar surface area (TPSA) is 78.4 Å². The van der Waals surface area contributed by atoms with Crippen molar-refractivity contribution in [2.75, 3.05) is 30.9 Å². The summed E-state index contributed by atoms with van der Waals surface area (Å²) in [4.78, 5) is 20.0. The number of aromatic nitrogens is 2. The van der Waals surface area contributed by atoms with Crippen LogP contribution in [-0.4, -0.2) is 41.7 Å². The molecule has 0 atom stereocenters. The predicted molar refractivity (Wildman–Crippen MR) is 52.5 cm³/mol. The van der Waals surface area contributed by atoms with Gasteiger partial charge in [-0.15, -0.1) is 0 Å². The molecule has 6 nitrogen and oxygen atoms in total. The Hall–Kier alpha value is -1.85. The molecular formula is C8H12N4O2. The summed E-state index contributed by atoms with van der Waals surface area (Å²) in [7, 11) is 3.36. The lowest BCUT2D eigenvalue weighted by Gasteiger charge is -2.17. The van der Waals surface area contributed by atoms with Crippen LogP contribution in [0.2, 0.25) is 0 Å². The zero-order valence-corrected chi connectivity index (χ0v) is 8.06. The van der Waals surface area contributed by atoms with Crippen molar-refractivity contribution in [1.29, 1.82) is 0 Å². The van der Waals surface area contributed by atoms with Gasteiger partial charge in [-0.25, -0.2) is 9.97 Å². The van der Waals surface area contributed by atoms with E-state index in [1.54, 1.807) is 20.3 Å². The fourth-order valence-corrected chi connectivity index (χ4v) is 1.06. The normalized spacial score (nSPS) is 9.57. The van der Waals surface area contributed by atoms with Gasteiger partial charge in [0.05, 0.1) is 0 Å². The number of carboxylic acids is 1. The van der Waals surface area contributed by atoms with E-state index in [0.717, 1.165) is 0 Å².